The molecule has 0 bridgehead atoms. The number of nitrogens with zero attached hydrogens (tertiary/aromatic N) is 1. The van der Waals surface area contributed by atoms with Crippen LogP contribution in [-0.2, 0) is 16.0 Å². The van der Waals surface area contributed by atoms with Gasteiger partial charge in [0.2, 0.25) is 0 Å². The van der Waals surface area contributed by atoms with Gasteiger partial charge in [-0.2, -0.15) is 13.2 Å². The second kappa shape index (κ2) is 8.97. The monoisotopic (exact) mass is 469 g/mol. The Morgan fingerprint density at radius 3 is 2.61 bits per heavy atom. The molecule has 0 saturated carbocycles. The zero-order chi connectivity index (χ0) is 24.6. The summed E-state index contributed by atoms with van der Waals surface area (Å²) in [5.41, 5.74) is 2.95. The van der Waals surface area contributed by atoms with Crippen molar-refractivity contribution < 1.29 is 36.6 Å². The van der Waals surface area contributed by atoms with Gasteiger partial charge in [-0.15, -0.1) is 0 Å². The Kier molecular flexibility index (Phi) is 6.64. The number of rotatable bonds is 6. The van der Waals surface area contributed by atoms with E-state index >= 15 is 0 Å². The number of anilines is 1. The number of hydrogen-bond acceptors (Lipinski definition) is 5. The first-order valence-corrected chi connectivity index (χ1v) is 10.1. The normalized spacial score (nSPS) is 22.8. The van der Waals surface area contributed by atoms with E-state index in [1.54, 1.807) is 6.92 Å². The second-order valence-electron chi connectivity index (χ2n) is 7.86. The lowest BCUT2D eigenvalue weighted by Gasteiger charge is -2.27. The number of carbonyl (C=O) groups excluding carboxylic acids is 2. The molecule has 3 N–H and O–H groups in total. The first-order chi connectivity index (χ1) is 15.4. The average molecular weight is 469 g/mol. The molecule has 0 radical (unpaired) electrons. The summed E-state index contributed by atoms with van der Waals surface area (Å²) in [6, 6.07) is 4.99. The summed E-state index contributed by atoms with van der Waals surface area (Å²) < 4.78 is 66.4. The number of methoxy groups -OCH3 is 1. The molecule has 2 heterocycles. The fraction of sp³-hybridized carbons (Fsp3) is 0.409. The van der Waals surface area contributed by atoms with Crippen LogP contribution in [0.25, 0.3) is 0 Å². The Balaban J connectivity index is 2.03. The van der Waals surface area contributed by atoms with Gasteiger partial charge in [-0.25, -0.2) is 4.39 Å². The Bertz CT molecular complexity index is 1080. The van der Waals surface area contributed by atoms with Crippen LogP contribution in [-0.4, -0.2) is 41.8 Å². The van der Waals surface area contributed by atoms with Crippen molar-refractivity contribution in [2.24, 2.45) is 5.73 Å². The number of nitrogens with one attached hydrogen (secondary N) is 1. The van der Waals surface area contributed by atoms with E-state index in [0.717, 1.165) is 13.0 Å². The molecule has 1 aliphatic rings. The molecule has 0 aliphatic carbocycles. The fourth-order valence-corrected chi connectivity index (χ4v) is 3.97. The Hall–Kier alpha value is -3.21. The largest absolute Gasteiger partial charge is 0.496 e. The number of aromatic nitrogens is 1. The van der Waals surface area contributed by atoms with Crippen LogP contribution >= 0.6 is 0 Å². The van der Waals surface area contributed by atoms with E-state index in [4.69, 9.17) is 15.2 Å². The molecule has 3 atom stereocenters. The van der Waals surface area contributed by atoms with E-state index in [1.807, 2.05) is 0 Å². The highest BCUT2D eigenvalue weighted by molar-refractivity contribution is 5.97. The highest BCUT2D eigenvalue weighted by Gasteiger charge is 2.61. The molecule has 178 valence electrons. The maximum absolute atomic E-state index is 14.3. The molecule has 2 aromatic rings. The zero-order valence-electron chi connectivity index (χ0n) is 18.1. The number of amides is 2. The average Bonchev–Trinajstić information content (AvgIpc) is 3.12. The summed E-state index contributed by atoms with van der Waals surface area (Å²) in [5.74, 6) is -3.29. The van der Waals surface area contributed by atoms with E-state index in [2.05, 4.69) is 10.3 Å². The maximum atomic E-state index is 14.3. The van der Waals surface area contributed by atoms with Crippen molar-refractivity contribution in [3.63, 3.8) is 0 Å². The predicted molar refractivity (Wildman–Crippen MR) is 110 cm³/mol. The minimum atomic E-state index is -4.77. The van der Waals surface area contributed by atoms with E-state index in [1.165, 1.54) is 31.5 Å². The number of halogens is 4. The molecule has 1 saturated heterocycles. The standard InChI is InChI=1S/C22H23F4N3O4/c1-4-12-15(23)6-5-13(17(12)32-3)14-10-21(2,22(24,25)26)33-18(14)20(31)29-11-7-8-28-16(9-11)19(27)30/h5-9,14,18H,4,10H2,1-3H3,(H2,27,30)(H,28,29,31)/t14-,18+,21+/m1/s1. The molecule has 3 rings (SSSR count). The van der Waals surface area contributed by atoms with Crippen LogP contribution in [0.2, 0.25) is 0 Å². The van der Waals surface area contributed by atoms with Crippen molar-refractivity contribution >= 4 is 17.5 Å². The second-order valence-corrected chi connectivity index (χ2v) is 7.86. The SMILES string of the molecule is CCc1c(F)ccc([C@H]2C[C@@](C)(C(F)(F)F)O[C@@H]2C(=O)Nc2ccnc(C(N)=O)c2)c1OC. The quantitative estimate of drug-likeness (QED) is 0.628. The highest BCUT2D eigenvalue weighted by Crippen LogP contribution is 2.51. The molecule has 1 aromatic carbocycles. The van der Waals surface area contributed by atoms with Crippen molar-refractivity contribution in [3.8, 4) is 5.75 Å². The number of carbonyl (C=O) groups is 2. The van der Waals surface area contributed by atoms with Gasteiger partial charge in [-0.05, 0) is 38.0 Å². The van der Waals surface area contributed by atoms with Gasteiger partial charge in [-0.3, -0.25) is 14.6 Å². The number of pyridine rings is 1. The minimum Gasteiger partial charge on any atom is -0.496 e. The topological polar surface area (TPSA) is 104 Å². The lowest BCUT2D eigenvalue weighted by atomic mass is 9.84. The maximum Gasteiger partial charge on any atom is 0.417 e. The van der Waals surface area contributed by atoms with Crippen LogP contribution in [0.1, 0.15) is 47.8 Å². The summed E-state index contributed by atoms with van der Waals surface area (Å²) in [5, 5.41) is 2.45. The zero-order valence-corrected chi connectivity index (χ0v) is 18.1. The first kappa shape index (κ1) is 24.4. The lowest BCUT2D eigenvalue weighted by Crippen LogP contribution is -2.43. The molecule has 1 aromatic heterocycles. The smallest absolute Gasteiger partial charge is 0.417 e. The van der Waals surface area contributed by atoms with Gasteiger partial charge in [-0.1, -0.05) is 13.0 Å². The van der Waals surface area contributed by atoms with Gasteiger partial charge >= 0.3 is 6.18 Å². The number of ether oxygens (including phenoxy) is 2. The third-order valence-electron chi connectivity index (χ3n) is 5.69. The van der Waals surface area contributed by atoms with Crippen molar-refractivity contribution in [1.82, 2.24) is 4.98 Å². The number of primary amides is 1. The molecule has 1 fully saturated rings. The van der Waals surface area contributed by atoms with Gasteiger partial charge in [0.25, 0.3) is 11.8 Å². The van der Waals surface area contributed by atoms with Gasteiger partial charge in [0, 0.05) is 28.9 Å². The summed E-state index contributed by atoms with van der Waals surface area (Å²) in [7, 11) is 1.29. The van der Waals surface area contributed by atoms with Crippen molar-refractivity contribution in [2.75, 3.05) is 12.4 Å². The van der Waals surface area contributed by atoms with E-state index in [9.17, 15) is 27.2 Å². The molecule has 11 heteroatoms. The summed E-state index contributed by atoms with van der Waals surface area (Å²) in [6.07, 6.45) is -5.47. The van der Waals surface area contributed by atoms with Crippen molar-refractivity contribution in [3.05, 3.63) is 53.1 Å². The van der Waals surface area contributed by atoms with Gasteiger partial charge in [0.15, 0.2) is 5.60 Å². The minimum absolute atomic E-state index is 0.0789. The fourth-order valence-electron chi connectivity index (χ4n) is 3.97. The molecule has 7 nitrogen and oxygen atoms in total. The molecule has 33 heavy (non-hydrogen) atoms. The van der Waals surface area contributed by atoms with Crippen LogP contribution in [0.3, 0.4) is 0 Å². The predicted octanol–water partition coefficient (Wildman–Crippen LogP) is 3.72. The van der Waals surface area contributed by atoms with E-state index in [0.29, 0.717) is 0 Å². The number of benzene rings is 1. The van der Waals surface area contributed by atoms with Gasteiger partial charge in [0.1, 0.15) is 23.4 Å². The number of hydrogen-bond donors (Lipinski definition) is 2. The molecular formula is C22H23F4N3O4. The van der Waals surface area contributed by atoms with Gasteiger partial charge in [0.05, 0.1) is 7.11 Å². The molecule has 1 aliphatic heterocycles. The lowest BCUT2D eigenvalue weighted by molar-refractivity contribution is -0.261. The van der Waals surface area contributed by atoms with Crippen molar-refractivity contribution in [2.45, 2.75) is 50.5 Å². The van der Waals surface area contributed by atoms with Crippen molar-refractivity contribution in [1.29, 1.82) is 0 Å². The van der Waals surface area contributed by atoms with Crippen LogP contribution < -0.4 is 15.8 Å². The Labute approximate surface area is 187 Å². The Morgan fingerprint density at radius 2 is 2.03 bits per heavy atom. The molecule has 0 spiro atoms. The summed E-state index contributed by atoms with van der Waals surface area (Å²) in [4.78, 5) is 28.2. The van der Waals surface area contributed by atoms with E-state index < -0.39 is 47.9 Å². The molecular weight excluding hydrogens is 446 g/mol. The van der Waals surface area contributed by atoms with Gasteiger partial charge < -0.3 is 20.5 Å². The number of alkyl halides is 3. The van der Waals surface area contributed by atoms with E-state index in [-0.39, 0.29) is 34.7 Å². The summed E-state index contributed by atoms with van der Waals surface area (Å²) >= 11 is 0. The van der Waals surface area contributed by atoms with Crippen LogP contribution in [0.4, 0.5) is 23.2 Å². The first-order valence-electron chi connectivity index (χ1n) is 10.1. The van der Waals surface area contributed by atoms with Crippen LogP contribution in [0, 0.1) is 5.82 Å². The third-order valence-corrected chi connectivity index (χ3v) is 5.69. The molecule has 2 amide bonds. The molecule has 0 unspecified atom stereocenters. The van der Waals surface area contributed by atoms with Crippen LogP contribution in [0.15, 0.2) is 30.5 Å². The van der Waals surface area contributed by atoms with Crippen LogP contribution in [0.5, 0.6) is 5.75 Å². The number of nitrogens with two attached hydrogens (primary N) is 1. The Morgan fingerprint density at radius 1 is 1.33 bits per heavy atom. The summed E-state index contributed by atoms with van der Waals surface area (Å²) in [6.45, 7) is 2.54. The third kappa shape index (κ3) is 4.63. The highest BCUT2D eigenvalue weighted by atomic mass is 19.4.